The fourth-order valence-corrected chi connectivity index (χ4v) is 2.25. The van der Waals surface area contributed by atoms with Crippen molar-refractivity contribution >= 4 is 0 Å². The van der Waals surface area contributed by atoms with Gasteiger partial charge in [-0.05, 0) is 6.42 Å². The summed E-state index contributed by atoms with van der Waals surface area (Å²) in [6.07, 6.45) is 15.3. The van der Waals surface area contributed by atoms with Crippen molar-refractivity contribution in [1.82, 2.24) is 0 Å². The van der Waals surface area contributed by atoms with Gasteiger partial charge in [-0.3, -0.25) is 0 Å². The molecule has 0 aromatic rings. The summed E-state index contributed by atoms with van der Waals surface area (Å²) < 4.78 is 0. The van der Waals surface area contributed by atoms with E-state index in [0.29, 0.717) is 0 Å². The van der Waals surface area contributed by atoms with Crippen LogP contribution < -0.4 is 0 Å². The molecule has 1 N–H and O–H groups in total. The summed E-state index contributed by atoms with van der Waals surface area (Å²) in [6, 6.07) is 2.01. The van der Waals surface area contributed by atoms with Crippen molar-refractivity contribution in [3.63, 3.8) is 0 Å². The first-order chi connectivity index (χ1) is 8.81. The van der Waals surface area contributed by atoms with Gasteiger partial charge < -0.3 is 5.11 Å². The predicted molar refractivity (Wildman–Crippen MR) is 77.3 cm³/mol. The fourth-order valence-electron chi connectivity index (χ4n) is 2.25. The third-order valence-corrected chi connectivity index (χ3v) is 3.47. The molecule has 0 rings (SSSR count). The molecule has 2 nitrogen and oxygen atoms in total. The molecule has 0 unspecified atom stereocenters. The lowest BCUT2D eigenvalue weighted by atomic mass is 10.0. The van der Waals surface area contributed by atoms with Crippen LogP contribution in [0.2, 0.25) is 0 Å². The molecule has 0 aliphatic heterocycles. The van der Waals surface area contributed by atoms with Gasteiger partial charge in [0.2, 0.25) is 0 Å². The molecular formula is C16H31NO. The van der Waals surface area contributed by atoms with Crippen molar-refractivity contribution in [2.75, 3.05) is 0 Å². The Kier molecular flexibility index (Phi) is 14.1. The lowest BCUT2D eigenvalue weighted by molar-refractivity contribution is 0.165. The summed E-state index contributed by atoms with van der Waals surface area (Å²) in [4.78, 5) is 0. The maximum atomic E-state index is 9.37. The van der Waals surface area contributed by atoms with Crippen LogP contribution in [-0.4, -0.2) is 11.2 Å². The predicted octanol–water partition coefficient (Wildman–Crippen LogP) is 4.96. The van der Waals surface area contributed by atoms with E-state index >= 15 is 0 Å². The zero-order chi connectivity index (χ0) is 13.5. The Balaban J connectivity index is 3.01. The van der Waals surface area contributed by atoms with E-state index in [2.05, 4.69) is 6.92 Å². The van der Waals surface area contributed by atoms with Crippen LogP contribution in [0, 0.1) is 11.3 Å². The van der Waals surface area contributed by atoms with Gasteiger partial charge in [0.15, 0.2) is 0 Å². The summed E-state index contributed by atoms with van der Waals surface area (Å²) in [5, 5.41) is 17.8. The molecule has 0 bridgehead atoms. The standard InChI is InChI=1S/C16H31NO/c1-2-3-4-5-6-7-8-9-10-11-12-13-16(18)14-15-17/h16,18H,2-14H2,1H3/t16-/m0/s1. The Hall–Kier alpha value is -0.550. The van der Waals surface area contributed by atoms with Gasteiger partial charge in [-0.1, -0.05) is 77.6 Å². The second-order valence-corrected chi connectivity index (χ2v) is 5.34. The largest absolute Gasteiger partial charge is 0.392 e. The molecule has 0 amide bonds. The number of aliphatic hydroxyl groups excluding tert-OH is 1. The lowest BCUT2D eigenvalue weighted by Crippen LogP contribution is -2.04. The summed E-state index contributed by atoms with van der Waals surface area (Å²) in [6.45, 7) is 2.26. The van der Waals surface area contributed by atoms with Crippen LogP contribution in [0.5, 0.6) is 0 Å². The quantitative estimate of drug-likeness (QED) is 0.471. The van der Waals surface area contributed by atoms with Gasteiger partial charge in [0.05, 0.1) is 18.6 Å². The van der Waals surface area contributed by atoms with Gasteiger partial charge in [-0.25, -0.2) is 0 Å². The van der Waals surface area contributed by atoms with Crippen LogP contribution in [0.15, 0.2) is 0 Å². The number of hydrogen-bond donors (Lipinski definition) is 1. The van der Waals surface area contributed by atoms with Crippen molar-refractivity contribution in [3.8, 4) is 6.07 Å². The van der Waals surface area contributed by atoms with Crippen molar-refractivity contribution in [3.05, 3.63) is 0 Å². The monoisotopic (exact) mass is 253 g/mol. The normalized spacial score (nSPS) is 12.3. The van der Waals surface area contributed by atoms with Gasteiger partial charge in [-0.2, -0.15) is 5.26 Å². The van der Waals surface area contributed by atoms with Crippen molar-refractivity contribution in [1.29, 1.82) is 5.26 Å². The summed E-state index contributed by atoms with van der Waals surface area (Å²) in [5.41, 5.74) is 0. The van der Waals surface area contributed by atoms with E-state index < -0.39 is 6.10 Å². The molecule has 0 saturated carbocycles. The van der Waals surface area contributed by atoms with Crippen molar-refractivity contribution in [2.45, 2.75) is 96.5 Å². The van der Waals surface area contributed by atoms with E-state index in [4.69, 9.17) is 5.26 Å². The number of hydrogen-bond acceptors (Lipinski definition) is 2. The fraction of sp³-hybridized carbons (Fsp3) is 0.938. The molecule has 0 aliphatic carbocycles. The number of rotatable bonds is 13. The minimum atomic E-state index is -0.395. The summed E-state index contributed by atoms with van der Waals surface area (Å²) in [5.74, 6) is 0. The minimum Gasteiger partial charge on any atom is -0.392 e. The van der Waals surface area contributed by atoms with Crippen LogP contribution in [-0.2, 0) is 0 Å². The van der Waals surface area contributed by atoms with Crippen molar-refractivity contribution in [2.24, 2.45) is 0 Å². The topological polar surface area (TPSA) is 44.0 Å². The maximum absolute atomic E-state index is 9.37. The SMILES string of the molecule is CCCCCCCCCCCCC[C@H](O)CC#N. The van der Waals surface area contributed by atoms with Crippen LogP contribution in [0.4, 0.5) is 0 Å². The van der Waals surface area contributed by atoms with Crippen LogP contribution in [0.25, 0.3) is 0 Å². The third kappa shape index (κ3) is 13.5. The highest BCUT2D eigenvalue weighted by molar-refractivity contribution is 4.74. The van der Waals surface area contributed by atoms with Crippen LogP contribution in [0.3, 0.4) is 0 Å². The van der Waals surface area contributed by atoms with E-state index in [1.54, 1.807) is 0 Å². The van der Waals surface area contributed by atoms with E-state index in [0.717, 1.165) is 12.8 Å². The van der Waals surface area contributed by atoms with E-state index in [1.165, 1.54) is 64.2 Å². The number of aliphatic hydroxyl groups is 1. The van der Waals surface area contributed by atoms with Gasteiger partial charge in [0, 0.05) is 0 Å². The number of nitriles is 1. The average molecular weight is 253 g/mol. The highest BCUT2D eigenvalue weighted by Gasteiger charge is 2.01. The zero-order valence-corrected chi connectivity index (χ0v) is 12.2. The molecular weight excluding hydrogens is 222 g/mol. The molecule has 0 aliphatic rings. The number of unbranched alkanes of at least 4 members (excludes halogenated alkanes) is 10. The van der Waals surface area contributed by atoms with Crippen molar-refractivity contribution < 1.29 is 5.11 Å². The molecule has 0 aromatic heterocycles. The molecule has 18 heavy (non-hydrogen) atoms. The van der Waals surface area contributed by atoms with Gasteiger partial charge >= 0.3 is 0 Å². The van der Waals surface area contributed by atoms with E-state index in [-0.39, 0.29) is 6.42 Å². The molecule has 1 atom stereocenters. The van der Waals surface area contributed by atoms with Crippen LogP contribution >= 0.6 is 0 Å². The second kappa shape index (κ2) is 14.5. The average Bonchev–Trinajstić information content (AvgIpc) is 2.36. The molecule has 0 radical (unpaired) electrons. The summed E-state index contributed by atoms with van der Waals surface area (Å²) >= 11 is 0. The Morgan fingerprint density at radius 2 is 1.28 bits per heavy atom. The van der Waals surface area contributed by atoms with Gasteiger partial charge in [0.25, 0.3) is 0 Å². The van der Waals surface area contributed by atoms with E-state index in [9.17, 15) is 5.11 Å². The molecule has 0 spiro atoms. The number of nitrogens with zero attached hydrogens (tertiary/aromatic N) is 1. The molecule has 0 aromatic carbocycles. The first-order valence-corrected chi connectivity index (χ1v) is 7.86. The highest BCUT2D eigenvalue weighted by Crippen LogP contribution is 2.12. The smallest absolute Gasteiger partial charge is 0.0670 e. The molecule has 0 heterocycles. The first kappa shape index (κ1) is 17.4. The zero-order valence-electron chi connectivity index (χ0n) is 12.2. The first-order valence-electron chi connectivity index (χ1n) is 7.86. The Morgan fingerprint density at radius 1 is 0.833 bits per heavy atom. The van der Waals surface area contributed by atoms with E-state index in [1.807, 2.05) is 6.07 Å². The Bertz CT molecular complexity index is 198. The molecule has 106 valence electrons. The van der Waals surface area contributed by atoms with Crippen LogP contribution in [0.1, 0.15) is 90.4 Å². The van der Waals surface area contributed by atoms with Gasteiger partial charge in [0.1, 0.15) is 0 Å². The Labute approximate surface area is 113 Å². The highest BCUT2D eigenvalue weighted by atomic mass is 16.3. The second-order valence-electron chi connectivity index (χ2n) is 5.34. The molecule has 0 saturated heterocycles. The Morgan fingerprint density at radius 3 is 1.72 bits per heavy atom. The van der Waals surface area contributed by atoms with Gasteiger partial charge in [-0.15, -0.1) is 0 Å². The molecule has 2 heteroatoms. The minimum absolute atomic E-state index is 0.289. The molecule has 0 fully saturated rings. The summed E-state index contributed by atoms with van der Waals surface area (Å²) in [7, 11) is 0. The maximum Gasteiger partial charge on any atom is 0.0670 e. The third-order valence-electron chi connectivity index (χ3n) is 3.47. The lowest BCUT2D eigenvalue weighted by Gasteiger charge is -2.05.